The smallest absolute Gasteiger partial charge is 0.241 e. The average Bonchev–Trinajstić information content (AvgIpc) is 2.37. The summed E-state index contributed by atoms with van der Waals surface area (Å²) in [4.78, 5) is 11.9. The van der Waals surface area contributed by atoms with Crippen LogP contribution in [-0.2, 0) is 4.79 Å². The first-order valence-corrected chi connectivity index (χ1v) is 6.13. The lowest BCUT2D eigenvalue weighted by atomic mass is 9.99. The highest BCUT2D eigenvalue weighted by atomic mass is 35.5. The first kappa shape index (κ1) is 14.5. The van der Waals surface area contributed by atoms with E-state index in [0.29, 0.717) is 16.3 Å². The minimum atomic E-state index is -0.597. The highest BCUT2D eigenvalue weighted by molar-refractivity contribution is 6.31. The van der Waals surface area contributed by atoms with Crippen LogP contribution in [-0.4, -0.2) is 11.9 Å². The maximum atomic E-state index is 11.9. The molecule has 0 saturated carbocycles. The van der Waals surface area contributed by atoms with Gasteiger partial charge < -0.3 is 11.1 Å². The Morgan fingerprint density at radius 2 is 2.28 bits per heavy atom. The fraction of sp³-hybridized carbons (Fsp3) is 0.385. The summed E-state index contributed by atoms with van der Waals surface area (Å²) in [5.41, 5.74) is 6.58. The quantitative estimate of drug-likeness (QED) is 0.878. The molecule has 2 atom stereocenters. The van der Waals surface area contributed by atoms with Gasteiger partial charge in [0.1, 0.15) is 6.07 Å². The summed E-state index contributed by atoms with van der Waals surface area (Å²) < 4.78 is 0. The number of nitrogens with zero attached hydrogens (tertiary/aromatic N) is 1. The zero-order valence-electron chi connectivity index (χ0n) is 10.4. The van der Waals surface area contributed by atoms with Crippen molar-refractivity contribution in [1.82, 2.24) is 0 Å². The van der Waals surface area contributed by atoms with Gasteiger partial charge in [0.25, 0.3) is 0 Å². The van der Waals surface area contributed by atoms with Gasteiger partial charge in [-0.1, -0.05) is 31.9 Å². The van der Waals surface area contributed by atoms with Gasteiger partial charge in [-0.3, -0.25) is 4.79 Å². The van der Waals surface area contributed by atoms with Crippen molar-refractivity contribution in [2.45, 2.75) is 26.3 Å². The number of hydrogen-bond donors (Lipinski definition) is 2. The number of benzene rings is 1. The molecule has 0 saturated heterocycles. The molecule has 3 N–H and O–H groups in total. The van der Waals surface area contributed by atoms with Crippen molar-refractivity contribution in [3.8, 4) is 6.07 Å². The second-order valence-electron chi connectivity index (χ2n) is 4.20. The Morgan fingerprint density at radius 1 is 1.61 bits per heavy atom. The van der Waals surface area contributed by atoms with Crippen molar-refractivity contribution < 1.29 is 4.79 Å². The number of rotatable bonds is 4. The minimum absolute atomic E-state index is 0.0784. The average molecular weight is 266 g/mol. The van der Waals surface area contributed by atoms with Crippen LogP contribution in [0.4, 0.5) is 5.69 Å². The van der Waals surface area contributed by atoms with Crippen molar-refractivity contribution >= 4 is 23.2 Å². The summed E-state index contributed by atoms with van der Waals surface area (Å²) in [7, 11) is 0. The number of nitriles is 1. The van der Waals surface area contributed by atoms with Crippen molar-refractivity contribution in [2.75, 3.05) is 5.32 Å². The number of amides is 1. The van der Waals surface area contributed by atoms with Crippen LogP contribution in [0.25, 0.3) is 0 Å². The molecule has 0 bridgehead atoms. The van der Waals surface area contributed by atoms with Gasteiger partial charge in [-0.25, -0.2) is 0 Å². The lowest BCUT2D eigenvalue weighted by Gasteiger charge is -2.18. The lowest BCUT2D eigenvalue weighted by molar-refractivity contribution is -0.118. The molecular formula is C13H16ClN3O. The van der Waals surface area contributed by atoms with Crippen LogP contribution in [0.15, 0.2) is 18.2 Å². The molecule has 4 nitrogen and oxygen atoms in total. The van der Waals surface area contributed by atoms with Gasteiger partial charge >= 0.3 is 0 Å². The number of carbonyl (C=O) groups excluding carboxylic acids is 1. The van der Waals surface area contributed by atoms with E-state index in [4.69, 9.17) is 22.6 Å². The van der Waals surface area contributed by atoms with Gasteiger partial charge in [-0.2, -0.15) is 5.26 Å². The minimum Gasteiger partial charge on any atom is -0.323 e. The van der Waals surface area contributed by atoms with Crippen LogP contribution in [0.3, 0.4) is 0 Å². The monoisotopic (exact) mass is 265 g/mol. The van der Waals surface area contributed by atoms with Crippen LogP contribution >= 0.6 is 11.6 Å². The van der Waals surface area contributed by atoms with E-state index < -0.39 is 6.04 Å². The molecule has 18 heavy (non-hydrogen) atoms. The molecule has 0 aliphatic rings. The van der Waals surface area contributed by atoms with E-state index in [1.54, 1.807) is 18.2 Å². The summed E-state index contributed by atoms with van der Waals surface area (Å²) in [6.45, 7) is 3.88. The topological polar surface area (TPSA) is 78.9 Å². The fourth-order valence-corrected chi connectivity index (χ4v) is 1.62. The molecule has 0 radical (unpaired) electrons. The second-order valence-corrected chi connectivity index (χ2v) is 4.64. The molecule has 1 rings (SSSR count). The normalized spacial score (nSPS) is 13.5. The number of anilines is 1. The SMILES string of the molecule is CC[C@H](C)[C@H](N)C(=O)Nc1cc(Cl)ccc1C#N. The number of nitrogens with two attached hydrogens (primary N) is 1. The van der Waals surface area contributed by atoms with Crippen LogP contribution in [0.5, 0.6) is 0 Å². The van der Waals surface area contributed by atoms with E-state index in [9.17, 15) is 4.79 Å². The largest absolute Gasteiger partial charge is 0.323 e. The highest BCUT2D eigenvalue weighted by Crippen LogP contribution is 2.21. The van der Waals surface area contributed by atoms with Gasteiger partial charge in [-0.15, -0.1) is 0 Å². The Hall–Kier alpha value is -1.57. The molecule has 0 heterocycles. The molecule has 0 spiro atoms. The number of carbonyl (C=O) groups is 1. The molecule has 5 heteroatoms. The van der Waals surface area contributed by atoms with E-state index in [1.807, 2.05) is 19.9 Å². The highest BCUT2D eigenvalue weighted by Gasteiger charge is 2.20. The van der Waals surface area contributed by atoms with E-state index in [-0.39, 0.29) is 11.8 Å². The molecule has 96 valence electrons. The first-order chi connectivity index (χ1) is 8.49. The Kier molecular flexibility index (Phi) is 5.14. The van der Waals surface area contributed by atoms with E-state index in [0.717, 1.165) is 6.42 Å². The van der Waals surface area contributed by atoms with Crippen LogP contribution in [0.2, 0.25) is 5.02 Å². The summed E-state index contributed by atoms with van der Waals surface area (Å²) in [5.74, 6) is -0.224. The third-order valence-electron chi connectivity index (χ3n) is 2.92. The predicted molar refractivity (Wildman–Crippen MR) is 72.2 cm³/mol. The van der Waals surface area contributed by atoms with Crippen LogP contribution < -0.4 is 11.1 Å². The van der Waals surface area contributed by atoms with Crippen molar-refractivity contribution in [2.24, 2.45) is 11.7 Å². The number of halogens is 1. The number of hydrogen-bond acceptors (Lipinski definition) is 3. The van der Waals surface area contributed by atoms with Gasteiger partial charge in [0, 0.05) is 5.02 Å². The predicted octanol–water partition coefficient (Wildman–Crippen LogP) is 2.52. The molecule has 0 unspecified atom stereocenters. The molecule has 1 aromatic carbocycles. The van der Waals surface area contributed by atoms with Crippen molar-refractivity contribution in [3.05, 3.63) is 28.8 Å². The zero-order valence-corrected chi connectivity index (χ0v) is 11.2. The summed E-state index contributed by atoms with van der Waals surface area (Å²) in [6, 6.07) is 6.11. The van der Waals surface area contributed by atoms with E-state index >= 15 is 0 Å². The maximum absolute atomic E-state index is 11.9. The van der Waals surface area contributed by atoms with Crippen molar-refractivity contribution in [1.29, 1.82) is 5.26 Å². The molecule has 0 fully saturated rings. The molecule has 0 aliphatic heterocycles. The zero-order chi connectivity index (χ0) is 13.7. The first-order valence-electron chi connectivity index (χ1n) is 5.75. The van der Waals surface area contributed by atoms with E-state index in [2.05, 4.69) is 5.32 Å². The van der Waals surface area contributed by atoms with Gasteiger partial charge in [0.05, 0.1) is 17.3 Å². The molecular weight excluding hydrogens is 250 g/mol. The molecule has 1 aromatic rings. The molecule has 0 aromatic heterocycles. The van der Waals surface area contributed by atoms with Gasteiger partial charge in [-0.05, 0) is 24.1 Å². The fourth-order valence-electron chi connectivity index (χ4n) is 1.45. The Balaban J connectivity index is 2.88. The summed E-state index contributed by atoms with van der Waals surface area (Å²) >= 11 is 5.83. The van der Waals surface area contributed by atoms with Crippen LogP contribution in [0.1, 0.15) is 25.8 Å². The van der Waals surface area contributed by atoms with E-state index in [1.165, 1.54) is 0 Å². The molecule has 0 aliphatic carbocycles. The third-order valence-corrected chi connectivity index (χ3v) is 3.15. The van der Waals surface area contributed by atoms with Gasteiger partial charge in [0.2, 0.25) is 5.91 Å². The lowest BCUT2D eigenvalue weighted by Crippen LogP contribution is -2.40. The second kappa shape index (κ2) is 6.39. The Bertz CT molecular complexity index is 482. The van der Waals surface area contributed by atoms with Gasteiger partial charge in [0.15, 0.2) is 0 Å². The Morgan fingerprint density at radius 3 is 2.83 bits per heavy atom. The summed E-state index contributed by atoms with van der Waals surface area (Å²) in [5, 5.41) is 12.0. The Labute approximate surface area is 112 Å². The third kappa shape index (κ3) is 3.46. The maximum Gasteiger partial charge on any atom is 0.241 e. The molecule has 1 amide bonds. The summed E-state index contributed by atoms with van der Waals surface area (Å²) in [6.07, 6.45) is 0.815. The standard InChI is InChI=1S/C13H16ClN3O/c1-3-8(2)12(16)13(18)17-11-6-10(14)5-4-9(11)7-15/h4-6,8,12H,3,16H2,1-2H3,(H,17,18)/t8-,12-/m0/s1. The number of nitrogens with one attached hydrogen (secondary N) is 1. The van der Waals surface area contributed by atoms with Crippen LogP contribution in [0, 0.1) is 17.2 Å². The van der Waals surface area contributed by atoms with Crippen molar-refractivity contribution in [3.63, 3.8) is 0 Å².